The van der Waals surface area contributed by atoms with E-state index in [-0.39, 0.29) is 19.6 Å². The van der Waals surface area contributed by atoms with Crippen LogP contribution >= 0.6 is 7.82 Å². The van der Waals surface area contributed by atoms with E-state index in [1.54, 1.807) is 0 Å². The molecule has 0 heterocycles. The van der Waals surface area contributed by atoms with Gasteiger partial charge in [0.05, 0.1) is 26.4 Å². The molecule has 0 aliphatic heterocycles. The zero-order valence-electron chi connectivity index (χ0n) is 33.3. The summed E-state index contributed by atoms with van der Waals surface area (Å²) in [5.74, 6) is -0.398. The van der Waals surface area contributed by atoms with Crippen molar-refractivity contribution in [3.63, 3.8) is 0 Å². The average molecular weight is 759 g/mol. The molecule has 10 heteroatoms. The van der Waals surface area contributed by atoms with Crippen LogP contribution < -0.4 is 0 Å². The standard InChI is InChI=1S/C42H79O9P/c1-3-5-7-9-11-13-15-17-18-19-20-21-23-25-27-29-31-33-35-48-38-41(39-50-52(46,47)49-37-40(44)36-43)51-42(45)34-32-30-28-26-24-22-16-14-12-10-8-6-4-2/h8,10,14,16-18,40-41,43-44H,3-7,9,11-13,15,19-39H2,1-2H3,(H,46,47)/b10-8-,16-14-,18-17-. The van der Waals surface area contributed by atoms with Crippen molar-refractivity contribution in [1.82, 2.24) is 0 Å². The van der Waals surface area contributed by atoms with E-state index in [2.05, 4.69) is 50.3 Å². The summed E-state index contributed by atoms with van der Waals surface area (Å²) < 4.78 is 33.3. The number of phosphoric ester groups is 1. The van der Waals surface area contributed by atoms with E-state index in [9.17, 15) is 19.4 Å². The van der Waals surface area contributed by atoms with Crippen LogP contribution in [0.4, 0.5) is 0 Å². The lowest BCUT2D eigenvalue weighted by atomic mass is 10.1. The number of aliphatic hydroxyl groups excluding tert-OH is 2. The molecule has 0 saturated heterocycles. The molecule has 0 amide bonds. The normalized spacial score (nSPS) is 14.5. The number of hydrogen-bond acceptors (Lipinski definition) is 8. The van der Waals surface area contributed by atoms with Gasteiger partial charge in [0.2, 0.25) is 0 Å². The molecular weight excluding hydrogens is 679 g/mol. The number of aliphatic hydroxyl groups is 2. The molecule has 3 unspecified atom stereocenters. The van der Waals surface area contributed by atoms with Gasteiger partial charge in [0.25, 0.3) is 0 Å². The number of carbonyl (C=O) groups excluding carboxylic acids is 1. The molecule has 0 saturated carbocycles. The molecule has 0 aromatic heterocycles. The lowest BCUT2D eigenvalue weighted by molar-refractivity contribution is -0.154. The molecule has 0 rings (SSSR count). The topological polar surface area (TPSA) is 132 Å². The van der Waals surface area contributed by atoms with E-state index in [1.807, 2.05) is 0 Å². The molecule has 52 heavy (non-hydrogen) atoms. The number of rotatable bonds is 40. The molecule has 0 aliphatic rings. The van der Waals surface area contributed by atoms with Crippen LogP contribution in [0.25, 0.3) is 0 Å². The molecule has 306 valence electrons. The van der Waals surface area contributed by atoms with Crippen molar-refractivity contribution in [2.45, 2.75) is 193 Å². The van der Waals surface area contributed by atoms with Crippen molar-refractivity contribution in [2.75, 3.05) is 33.0 Å². The fraction of sp³-hybridized carbons (Fsp3) is 0.833. The molecule has 3 atom stereocenters. The molecule has 0 aromatic carbocycles. The highest BCUT2D eigenvalue weighted by Crippen LogP contribution is 2.43. The molecule has 9 nitrogen and oxygen atoms in total. The van der Waals surface area contributed by atoms with Crippen molar-refractivity contribution >= 4 is 13.8 Å². The summed E-state index contributed by atoms with van der Waals surface area (Å²) in [6.45, 7) is 3.43. The van der Waals surface area contributed by atoms with Gasteiger partial charge < -0.3 is 24.6 Å². The molecule has 0 fully saturated rings. The first-order chi connectivity index (χ1) is 25.3. The van der Waals surface area contributed by atoms with Crippen molar-refractivity contribution < 1.29 is 43.0 Å². The predicted octanol–water partition coefficient (Wildman–Crippen LogP) is 11.3. The third-order valence-corrected chi connectivity index (χ3v) is 9.73. The highest BCUT2D eigenvalue weighted by Gasteiger charge is 2.26. The van der Waals surface area contributed by atoms with E-state index in [1.165, 1.54) is 89.9 Å². The number of phosphoric acid groups is 1. The fourth-order valence-electron chi connectivity index (χ4n) is 5.56. The molecule has 0 aliphatic carbocycles. The summed E-state index contributed by atoms with van der Waals surface area (Å²) >= 11 is 0. The van der Waals surface area contributed by atoms with E-state index in [0.29, 0.717) is 13.0 Å². The molecule has 0 radical (unpaired) electrons. The van der Waals surface area contributed by atoms with Crippen LogP contribution in [0.5, 0.6) is 0 Å². The van der Waals surface area contributed by atoms with Crippen LogP contribution in [0.1, 0.15) is 181 Å². The lowest BCUT2D eigenvalue weighted by Crippen LogP contribution is -2.29. The first kappa shape index (κ1) is 50.7. The van der Waals surface area contributed by atoms with Gasteiger partial charge in [-0.3, -0.25) is 13.8 Å². The summed E-state index contributed by atoms with van der Waals surface area (Å²) in [4.78, 5) is 22.5. The van der Waals surface area contributed by atoms with E-state index >= 15 is 0 Å². The second kappa shape index (κ2) is 39.4. The average Bonchev–Trinajstić information content (AvgIpc) is 3.13. The van der Waals surface area contributed by atoms with Gasteiger partial charge in [-0.15, -0.1) is 0 Å². The minimum absolute atomic E-state index is 0.0420. The molecule has 3 N–H and O–H groups in total. The first-order valence-corrected chi connectivity index (χ1v) is 22.5. The molecular formula is C42H79O9P. The lowest BCUT2D eigenvalue weighted by Gasteiger charge is -2.20. The van der Waals surface area contributed by atoms with Crippen LogP contribution in [0.3, 0.4) is 0 Å². The van der Waals surface area contributed by atoms with Gasteiger partial charge in [-0.1, -0.05) is 147 Å². The van der Waals surface area contributed by atoms with Gasteiger partial charge in [0, 0.05) is 13.0 Å². The highest BCUT2D eigenvalue weighted by molar-refractivity contribution is 7.47. The second-order valence-electron chi connectivity index (χ2n) is 14.0. The predicted molar refractivity (Wildman–Crippen MR) is 214 cm³/mol. The Kier molecular flexibility index (Phi) is 38.4. The molecule has 0 bridgehead atoms. The number of carbonyl (C=O) groups is 1. The van der Waals surface area contributed by atoms with Gasteiger partial charge in [-0.25, -0.2) is 4.57 Å². The quantitative estimate of drug-likeness (QED) is 0.0242. The third kappa shape index (κ3) is 38.4. The fourth-order valence-corrected chi connectivity index (χ4v) is 6.35. The van der Waals surface area contributed by atoms with Crippen molar-refractivity contribution in [3.8, 4) is 0 Å². The second-order valence-corrected chi connectivity index (χ2v) is 15.5. The maximum Gasteiger partial charge on any atom is 0.472 e. The van der Waals surface area contributed by atoms with Crippen LogP contribution in [-0.4, -0.2) is 66.3 Å². The largest absolute Gasteiger partial charge is 0.472 e. The molecule has 0 aromatic rings. The Morgan fingerprint density at radius 3 is 1.63 bits per heavy atom. The van der Waals surface area contributed by atoms with Gasteiger partial charge >= 0.3 is 13.8 Å². The number of esters is 1. The Balaban J connectivity index is 4.18. The number of allylic oxidation sites excluding steroid dienone is 6. The maximum atomic E-state index is 12.6. The van der Waals surface area contributed by atoms with E-state index < -0.39 is 39.2 Å². The Bertz CT molecular complexity index is 908. The summed E-state index contributed by atoms with van der Waals surface area (Å²) in [5, 5.41) is 18.3. The van der Waals surface area contributed by atoms with Crippen LogP contribution in [0.15, 0.2) is 36.5 Å². The van der Waals surface area contributed by atoms with Gasteiger partial charge in [0.1, 0.15) is 12.2 Å². The summed E-state index contributed by atoms with van der Waals surface area (Å²) in [7, 11) is -4.52. The van der Waals surface area contributed by atoms with Crippen LogP contribution in [0.2, 0.25) is 0 Å². The first-order valence-electron chi connectivity index (χ1n) is 21.0. The number of hydrogen-bond donors (Lipinski definition) is 3. The Labute approximate surface area is 318 Å². The summed E-state index contributed by atoms with van der Waals surface area (Å²) in [5.41, 5.74) is 0. The van der Waals surface area contributed by atoms with E-state index in [0.717, 1.165) is 64.2 Å². The SMILES string of the molecule is CCC/C=C\C/C=C\CCCCCCCC(=O)OC(COCCCCCCCCCC/C=C\CCCCCCCC)COP(=O)(O)OCC(O)CO. The Morgan fingerprint density at radius 2 is 1.08 bits per heavy atom. The monoisotopic (exact) mass is 759 g/mol. The minimum atomic E-state index is -4.52. The Morgan fingerprint density at radius 1 is 0.596 bits per heavy atom. The highest BCUT2D eigenvalue weighted by atomic mass is 31.2. The number of unbranched alkanes of at least 4 members (excludes halogenated alkanes) is 20. The third-order valence-electron chi connectivity index (χ3n) is 8.78. The molecule has 0 spiro atoms. The summed E-state index contributed by atoms with van der Waals surface area (Å²) in [6.07, 6.45) is 41.0. The zero-order valence-corrected chi connectivity index (χ0v) is 34.2. The minimum Gasteiger partial charge on any atom is -0.457 e. The van der Waals surface area contributed by atoms with Crippen LogP contribution in [0, 0.1) is 0 Å². The van der Waals surface area contributed by atoms with Crippen molar-refractivity contribution in [1.29, 1.82) is 0 Å². The zero-order chi connectivity index (χ0) is 38.2. The van der Waals surface area contributed by atoms with Gasteiger partial charge in [-0.2, -0.15) is 0 Å². The Hall–Kier alpha value is -1.32. The maximum absolute atomic E-state index is 12.6. The summed E-state index contributed by atoms with van der Waals surface area (Å²) in [6, 6.07) is 0. The smallest absolute Gasteiger partial charge is 0.457 e. The van der Waals surface area contributed by atoms with Gasteiger partial charge in [-0.05, 0) is 64.2 Å². The van der Waals surface area contributed by atoms with Crippen LogP contribution in [-0.2, 0) is 27.9 Å². The van der Waals surface area contributed by atoms with E-state index in [4.69, 9.17) is 23.6 Å². The number of ether oxygens (including phenoxy) is 2. The van der Waals surface area contributed by atoms with Crippen molar-refractivity contribution in [3.05, 3.63) is 36.5 Å². The van der Waals surface area contributed by atoms with Gasteiger partial charge in [0.15, 0.2) is 0 Å². The van der Waals surface area contributed by atoms with Crippen molar-refractivity contribution in [2.24, 2.45) is 0 Å².